The molecule has 130 valence electrons. The second-order valence-electron chi connectivity index (χ2n) is 5.87. The van der Waals surface area contributed by atoms with Crippen LogP contribution in [0, 0.1) is 0 Å². The largest absolute Gasteiger partial charge is 0.350 e. The second kappa shape index (κ2) is 7.32. The van der Waals surface area contributed by atoms with E-state index in [9.17, 15) is 4.79 Å². The minimum absolute atomic E-state index is 0.0447. The van der Waals surface area contributed by atoms with Gasteiger partial charge in [-0.15, -0.1) is 11.3 Å². The molecule has 26 heavy (non-hydrogen) atoms. The van der Waals surface area contributed by atoms with E-state index in [0.717, 1.165) is 27.3 Å². The topological polar surface area (TPSA) is 46.9 Å². The quantitative estimate of drug-likeness (QED) is 0.543. The highest BCUT2D eigenvalue weighted by Crippen LogP contribution is 2.26. The first-order valence-electron chi connectivity index (χ1n) is 8.21. The molecule has 0 radical (unpaired) electrons. The van der Waals surface area contributed by atoms with Gasteiger partial charge < -0.3 is 9.88 Å². The zero-order chi connectivity index (χ0) is 17.9. The molecule has 0 fully saturated rings. The highest BCUT2D eigenvalue weighted by Gasteiger charge is 2.15. The lowest BCUT2D eigenvalue weighted by Crippen LogP contribution is -2.27. The summed E-state index contributed by atoms with van der Waals surface area (Å²) in [4.78, 5) is 18.4. The van der Waals surface area contributed by atoms with Crippen molar-refractivity contribution in [3.05, 3.63) is 75.9 Å². The lowest BCUT2D eigenvalue weighted by molar-refractivity contribution is -0.121. The first-order valence-corrected chi connectivity index (χ1v) is 9.47. The van der Waals surface area contributed by atoms with E-state index < -0.39 is 0 Å². The zero-order valence-corrected chi connectivity index (χ0v) is 15.4. The van der Waals surface area contributed by atoms with Crippen LogP contribution in [0.25, 0.3) is 22.4 Å². The third-order valence-corrected chi connectivity index (χ3v) is 5.23. The van der Waals surface area contributed by atoms with Gasteiger partial charge in [0.05, 0.1) is 17.6 Å². The summed E-state index contributed by atoms with van der Waals surface area (Å²) in [5.41, 5.74) is 2.73. The number of amides is 1. The maximum Gasteiger partial charge on any atom is 0.240 e. The number of fused-ring (bicyclic) bond motifs is 1. The molecule has 2 heterocycles. The standard InChI is InChI=1S/C20H16ClN3OS/c21-15-9-7-14(8-10-15)20-23-17-5-1-2-6-18(17)24(20)13-19(25)22-12-16-4-3-11-26-16/h1-11H,12-13H2,(H,22,25). The number of nitrogens with zero attached hydrogens (tertiary/aromatic N) is 2. The van der Waals surface area contributed by atoms with E-state index in [1.54, 1.807) is 11.3 Å². The summed E-state index contributed by atoms with van der Waals surface area (Å²) in [6, 6.07) is 19.3. The number of benzene rings is 2. The Kier molecular flexibility index (Phi) is 4.73. The molecule has 0 spiro atoms. The average molecular weight is 382 g/mol. The van der Waals surface area contributed by atoms with Gasteiger partial charge in [-0.2, -0.15) is 0 Å². The highest BCUT2D eigenvalue weighted by molar-refractivity contribution is 7.09. The maximum absolute atomic E-state index is 12.5. The van der Waals surface area contributed by atoms with Gasteiger partial charge in [0.15, 0.2) is 0 Å². The summed E-state index contributed by atoms with van der Waals surface area (Å²) in [6.45, 7) is 0.753. The molecule has 4 nitrogen and oxygen atoms in total. The fourth-order valence-electron chi connectivity index (χ4n) is 2.85. The average Bonchev–Trinajstić information content (AvgIpc) is 3.29. The second-order valence-corrected chi connectivity index (χ2v) is 7.34. The van der Waals surface area contributed by atoms with E-state index in [1.165, 1.54) is 0 Å². The van der Waals surface area contributed by atoms with Crippen molar-refractivity contribution in [3.8, 4) is 11.4 Å². The molecule has 0 saturated carbocycles. The lowest BCUT2D eigenvalue weighted by atomic mass is 10.2. The smallest absolute Gasteiger partial charge is 0.240 e. The highest BCUT2D eigenvalue weighted by atomic mass is 35.5. The number of carbonyl (C=O) groups is 1. The van der Waals surface area contributed by atoms with Crippen LogP contribution in [-0.2, 0) is 17.9 Å². The van der Waals surface area contributed by atoms with Gasteiger partial charge in [-0.05, 0) is 47.8 Å². The Bertz CT molecular complexity index is 1040. The number of carbonyl (C=O) groups excluding carboxylic acids is 1. The van der Waals surface area contributed by atoms with Gasteiger partial charge in [0.25, 0.3) is 0 Å². The van der Waals surface area contributed by atoms with Crippen molar-refractivity contribution in [2.45, 2.75) is 13.1 Å². The van der Waals surface area contributed by atoms with Gasteiger partial charge in [-0.3, -0.25) is 4.79 Å². The van der Waals surface area contributed by atoms with Crippen LogP contribution in [0.4, 0.5) is 0 Å². The normalized spacial score (nSPS) is 11.0. The predicted octanol–water partition coefficient (Wildman–Crippen LogP) is 4.73. The first-order chi connectivity index (χ1) is 12.7. The van der Waals surface area contributed by atoms with E-state index in [2.05, 4.69) is 5.32 Å². The van der Waals surface area contributed by atoms with Crippen LogP contribution < -0.4 is 5.32 Å². The van der Waals surface area contributed by atoms with Crippen molar-refractivity contribution in [1.82, 2.24) is 14.9 Å². The molecule has 0 unspecified atom stereocenters. The van der Waals surface area contributed by atoms with Crippen molar-refractivity contribution < 1.29 is 4.79 Å². The van der Waals surface area contributed by atoms with Crippen LogP contribution >= 0.6 is 22.9 Å². The molecule has 4 aromatic rings. The molecule has 4 rings (SSSR count). The Hall–Kier alpha value is -2.63. The fourth-order valence-corrected chi connectivity index (χ4v) is 3.62. The Balaban J connectivity index is 1.65. The van der Waals surface area contributed by atoms with Crippen LogP contribution in [-0.4, -0.2) is 15.5 Å². The fraction of sp³-hybridized carbons (Fsp3) is 0.100. The van der Waals surface area contributed by atoms with Crippen molar-refractivity contribution in [2.24, 2.45) is 0 Å². The molecule has 6 heteroatoms. The number of rotatable bonds is 5. The van der Waals surface area contributed by atoms with Gasteiger partial charge in [0.2, 0.25) is 5.91 Å². The predicted molar refractivity (Wildman–Crippen MR) is 106 cm³/mol. The molecule has 0 atom stereocenters. The number of nitrogens with one attached hydrogen (secondary N) is 1. The number of aromatic nitrogens is 2. The van der Waals surface area contributed by atoms with Crippen molar-refractivity contribution in [2.75, 3.05) is 0 Å². The molecule has 0 aliphatic heterocycles. The van der Waals surface area contributed by atoms with Crippen molar-refractivity contribution in [1.29, 1.82) is 0 Å². The number of para-hydroxylation sites is 2. The molecule has 0 aliphatic carbocycles. The molecule has 2 aromatic heterocycles. The third-order valence-electron chi connectivity index (χ3n) is 4.10. The molecule has 0 bridgehead atoms. The molecule has 0 aliphatic rings. The van der Waals surface area contributed by atoms with Crippen LogP contribution in [0.3, 0.4) is 0 Å². The molecule has 1 amide bonds. The molecular formula is C20H16ClN3OS. The summed E-state index contributed by atoms with van der Waals surface area (Å²) in [5.74, 6) is 0.714. The number of thiophene rings is 1. The van der Waals surface area contributed by atoms with Crippen LogP contribution in [0.15, 0.2) is 66.0 Å². The lowest BCUT2D eigenvalue weighted by Gasteiger charge is -2.10. The first kappa shape index (κ1) is 16.8. The molecule has 0 saturated heterocycles. The minimum atomic E-state index is -0.0447. The Labute approximate surface area is 160 Å². The number of hydrogen-bond donors (Lipinski definition) is 1. The van der Waals surface area contributed by atoms with Gasteiger partial charge in [-0.25, -0.2) is 4.98 Å². The maximum atomic E-state index is 12.5. The van der Waals surface area contributed by atoms with Crippen molar-refractivity contribution >= 4 is 39.9 Å². The van der Waals surface area contributed by atoms with E-state index in [0.29, 0.717) is 11.6 Å². The van der Waals surface area contributed by atoms with E-state index in [1.807, 2.05) is 70.6 Å². The van der Waals surface area contributed by atoms with Gasteiger partial charge in [0.1, 0.15) is 12.4 Å². The molecule has 1 N–H and O–H groups in total. The van der Waals surface area contributed by atoms with Gasteiger partial charge in [0, 0.05) is 15.5 Å². The third kappa shape index (κ3) is 3.49. The number of imidazole rings is 1. The van der Waals surface area contributed by atoms with Gasteiger partial charge in [-0.1, -0.05) is 29.8 Å². The van der Waals surface area contributed by atoms with Gasteiger partial charge >= 0.3 is 0 Å². The van der Waals surface area contributed by atoms with Crippen LogP contribution in [0.2, 0.25) is 5.02 Å². The Morgan fingerprint density at radius 1 is 1.08 bits per heavy atom. The van der Waals surface area contributed by atoms with E-state index in [4.69, 9.17) is 16.6 Å². The Morgan fingerprint density at radius 2 is 1.88 bits per heavy atom. The van der Waals surface area contributed by atoms with Crippen LogP contribution in [0.1, 0.15) is 4.88 Å². The summed E-state index contributed by atoms with van der Waals surface area (Å²) >= 11 is 7.63. The summed E-state index contributed by atoms with van der Waals surface area (Å²) in [6.07, 6.45) is 0. The minimum Gasteiger partial charge on any atom is -0.350 e. The SMILES string of the molecule is O=C(Cn1c(-c2ccc(Cl)cc2)nc2ccccc21)NCc1cccs1. The number of hydrogen-bond acceptors (Lipinski definition) is 3. The number of halogens is 1. The van der Waals surface area contributed by atoms with E-state index >= 15 is 0 Å². The van der Waals surface area contributed by atoms with Crippen molar-refractivity contribution in [3.63, 3.8) is 0 Å². The van der Waals surface area contributed by atoms with E-state index in [-0.39, 0.29) is 12.5 Å². The molecule has 2 aromatic carbocycles. The summed E-state index contributed by atoms with van der Waals surface area (Å²) < 4.78 is 1.95. The zero-order valence-electron chi connectivity index (χ0n) is 13.9. The monoisotopic (exact) mass is 381 g/mol. The Morgan fingerprint density at radius 3 is 2.65 bits per heavy atom. The summed E-state index contributed by atoms with van der Waals surface area (Å²) in [7, 11) is 0. The van der Waals surface area contributed by atoms with Crippen LogP contribution in [0.5, 0.6) is 0 Å². The summed E-state index contributed by atoms with van der Waals surface area (Å²) in [5, 5.41) is 5.65. The molecular weight excluding hydrogens is 366 g/mol.